The number of hydrogen-bond acceptors (Lipinski definition) is 5. The molecule has 2 aromatic heterocycles. The Hall–Kier alpha value is -2.18. The molecule has 0 atom stereocenters. The fourth-order valence-electron chi connectivity index (χ4n) is 3.37. The van der Waals surface area contributed by atoms with Crippen LogP contribution in [-0.4, -0.2) is 43.6 Å². The van der Waals surface area contributed by atoms with E-state index in [1.165, 1.54) is 6.39 Å². The predicted molar refractivity (Wildman–Crippen MR) is 82.1 cm³/mol. The van der Waals surface area contributed by atoms with E-state index in [9.17, 15) is 4.79 Å². The molecule has 122 valence electrons. The summed E-state index contributed by atoms with van der Waals surface area (Å²) in [6, 6.07) is 0. The summed E-state index contributed by atoms with van der Waals surface area (Å²) >= 11 is 0. The van der Waals surface area contributed by atoms with Gasteiger partial charge in [-0.1, -0.05) is 0 Å². The topological polar surface area (TPSA) is 77.1 Å². The van der Waals surface area contributed by atoms with Crippen molar-refractivity contribution in [2.75, 3.05) is 13.1 Å². The Morgan fingerprint density at radius 3 is 2.74 bits per heavy atom. The molecule has 4 rings (SSSR count). The molecule has 2 fully saturated rings. The van der Waals surface area contributed by atoms with Crippen LogP contribution in [0.5, 0.6) is 0 Å². The zero-order chi connectivity index (χ0) is 15.8. The summed E-state index contributed by atoms with van der Waals surface area (Å²) in [5.74, 6) is 2.61. The van der Waals surface area contributed by atoms with E-state index < -0.39 is 0 Å². The van der Waals surface area contributed by atoms with Gasteiger partial charge in [-0.05, 0) is 32.6 Å². The lowest BCUT2D eigenvalue weighted by atomic mass is 9.95. The number of carbonyl (C=O) groups excluding carboxylic acids is 1. The molecule has 1 amide bonds. The number of aryl methyl sites for hydroxylation is 1. The second-order valence-corrected chi connectivity index (χ2v) is 6.38. The van der Waals surface area contributed by atoms with Crippen LogP contribution in [0, 0.1) is 0 Å². The van der Waals surface area contributed by atoms with Crippen LogP contribution in [0.3, 0.4) is 0 Å². The first-order valence-electron chi connectivity index (χ1n) is 8.38. The summed E-state index contributed by atoms with van der Waals surface area (Å²) in [4.78, 5) is 18.8. The van der Waals surface area contributed by atoms with Gasteiger partial charge in [0, 0.05) is 31.5 Å². The maximum Gasteiger partial charge on any atom is 0.276 e. The van der Waals surface area contributed by atoms with Crippen LogP contribution >= 0.6 is 0 Å². The highest BCUT2D eigenvalue weighted by molar-refractivity contribution is 5.93. The fraction of sp³-hybridized carbons (Fsp3) is 0.625. The Labute approximate surface area is 134 Å². The van der Waals surface area contributed by atoms with Gasteiger partial charge in [0.05, 0.1) is 0 Å². The maximum atomic E-state index is 12.7. The third kappa shape index (κ3) is 2.64. The van der Waals surface area contributed by atoms with Gasteiger partial charge in [-0.25, -0.2) is 4.98 Å². The largest absolute Gasteiger partial charge is 0.447 e. The number of nitrogens with zero attached hydrogens (tertiary/aromatic N) is 5. The van der Waals surface area contributed by atoms with Crippen molar-refractivity contribution in [3.63, 3.8) is 0 Å². The molecule has 2 aliphatic rings. The van der Waals surface area contributed by atoms with E-state index in [1.54, 1.807) is 6.33 Å². The first kappa shape index (κ1) is 14.4. The zero-order valence-corrected chi connectivity index (χ0v) is 13.3. The molecule has 1 aliphatic heterocycles. The van der Waals surface area contributed by atoms with E-state index in [-0.39, 0.29) is 5.91 Å². The number of amides is 1. The monoisotopic (exact) mass is 315 g/mol. The van der Waals surface area contributed by atoms with Gasteiger partial charge in [-0.2, -0.15) is 0 Å². The number of likely N-dealkylation sites (tertiary alicyclic amines) is 1. The lowest BCUT2D eigenvalue weighted by molar-refractivity contribution is 0.0702. The number of oxazole rings is 1. The van der Waals surface area contributed by atoms with Crippen LogP contribution in [0.1, 0.15) is 66.5 Å². The molecule has 1 saturated heterocycles. The molecule has 0 bridgehead atoms. The normalized spacial score (nSPS) is 19.3. The van der Waals surface area contributed by atoms with Gasteiger partial charge in [-0.15, -0.1) is 10.2 Å². The van der Waals surface area contributed by atoms with Gasteiger partial charge in [0.15, 0.2) is 12.1 Å². The molecule has 3 heterocycles. The summed E-state index contributed by atoms with van der Waals surface area (Å²) in [6.07, 6.45) is 7.22. The summed E-state index contributed by atoms with van der Waals surface area (Å²) in [6.45, 7) is 4.44. The molecule has 7 heteroatoms. The van der Waals surface area contributed by atoms with Gasteiger partial charge < -0.3 is 13.9 Å². The molecule has 1 aliphatic carbocycles. The highest BCUT2D eigenvalue weighted by atomic mass is 16.3. The molecule has 1 saturated carbocycles. The van der Waals surface area contributed by atoms with Gasteiger partial charge in [0.2, 0.25) is 0 Å². The number of hydrogen-bond donors (Lipinski definition) is 0. The molecule has 0 spiro atoms. The second kappa shape index (κ2) is 5.79. The van der Waals surface area contributed by atoms with E-state index in [2.05, 4.69) is 26.7 Å². The average molecular weight is 315 g/mol. The smallest absolute Gasteiger partial charge is 0.276 e. The third-order valence-corrected chi connectivity index (χ3v) is 4.88. The Morgan fingerprint density at radius 1 is 1.26 bits per heavy atom. The van der Waals surface area contributed by atoms with Crippen molar-refractivity contribution in [3.8, 4) is 0 Å². The summed E-state index contributed by atoms with van der Waals surface area (Å²) in [5.41, 5.74) is 0.516. The van der Waals surface area contributed by atoms with Crippen LogP contribution < -0.4 is 0 Å². The minimum atomic E-state index is 0.0102. The van der Waals surface area contributed by atoms with Crippen molar-refractivity contribution >= 4 is 5.91 Å². The Balaban J connectivity index is 1.43. The molecule has 7 nitrogen and oxygen atoms in total. The second-order valence-electron chi connectivity index (χ2n) is 6.38. The first-order chi connectivity index (χ1) is 11.3. The van der Waals surface area contributed by atoms with Crippen molar-refractivity contribution in [3.05, 3.63) is 30.0 Å². The van der Waals surface area contributed by atoms with Gasteiger partial charge in [-0.3, -0.25) is 4.79 Å². The van der Waals surface area contributed by atoms with E-state index in [0.717, 1.165) is 56.9 Å². The quantitative estimate of drug-likeness (QED) is 0.864. The highest BCUT2D eigenvalue weighted by Crippen LogP contribution is 2.41. The van der Waals surface area contributed by atoms with E-state index in [4.69, 9.17) is 4.42 Å². The maximum absolute atomic E-state index is 12.7. The molecule has 0 N–H and O–H groups in total. The lowest BCUT2D eigenvalue weighted by Gasteiger charge is -2.31. The molecular weight excluding hydrogens is 294 g/mol. The Kier molecular flexibility index (Phi) is 3.63. The molecule has 0 unspecified atom stereocenters. The molecule has 0 radical (unpaired) electrons. The predicted octanol–water partition coefficient (Wildman–Crippen LogP) is 2.18. The van der Waals surface area contributed by atoms with Crippen LogP contribution in [0.2, 0.25) is 0 Å². The van der Waals surface area contributed by atoms with Crippen molar-refractivity contribution in [2.45, 2.75) is 51.0 Å². The van der Waals surface area contributed by atoms with Crippen molar-refractivity contribution < 1.29 is 9.21 Å². The average Bonchev–Trinajstić information content (AvgIpc) is 3.14. The zero-order valence-electron chi connectivity index (χ0n) is 13.3. The lowest BCUT2D eigenvalue weighted by Crippen LogP contribution is -2.38. The molecular formula is C16H21N5O2. The van der Waals surface area contributed by atoms with Crippen LogP contribution in [0.4, 0.5) is 0 Å². The molecule has 0 aromatic carbocycles. The molecule has 2 aromatic rings. The van der Waals surface area contributed by atoms with E-state index >= 15 is 0 Å². The third-order valence-electron chi connectivity index (χ3n) is 4.88. The van der Waals surface area contributed by atoms with Crippen molar-refractivity contribution in [2.24, 2.45) is 0 Å². The minimum absolute atomic E-state index is 0.0102. The van der Waals surface area contributed by atoms with E-state index in [0.29, 0.717) is 17.5 Å². The summed E-state index contributed by atoms with van der Waals surface area (Å²) in [5, 5.41) is 8.27. The van der Waals surface area contributed by atoms with Gasteiger partial charge in [0.1, 0.15) is 17.9 Å². The SMILES string of the molecule is CCn1cnnc1C1CCN(C(=O)c2ncoc2C2CC2)CC1. The van der Waals surface area contributed by atoms with Crippen LogP contribution in [0.15, 0.2) is 17.1 Å². The van der Waals surface area contributed by atoms with Crippen LogP contribution in [0.25, 0.3) is 0 Å². The number of carbonyl (C=O) groups is 1. The Bertz CT molecular complexity index is 695. The van der Waals surface area contributed by atoms with E-state index in [1.807, 2.05) is 4.90 Å². The minimum Gasteiger partial charge on any atom is -0.447 e. The fourth-order valence-corrected chi connectivity index (χ4v) is 3.37. The number of rotatable bonds is 4. The number of aromatic nitrogens is 4. The highest BCUT2D eigenvalue weighted by Gasteiger charge is 2.35. The summed E-state index contributed by atoms with van der Waals surface area (Å²) < 4.78 is 7.52. The Morgan fingerprint density at radius 2 is 2.04 bits per heavy atom. The molecule has 23 heavy (non-hydrogen) atoms. The van der Waals surface area contributed by atoms with Crippen LogP contribution in [-0.2, 0) is 6.54 Å². The first-order valence-corrected chi connectivity index (χ1v) is 8.38. The number of piperidine rings is 1. The van der Waals surface area contributed by atoms with Gasteiger partial charge in [0.25, 0.3) is 5.91 Å². The van der Waals surface area contributed by atoms with Crippen molar-refractivity contribution in [1.82, 2.24) is 24.6 Å². The van der Waals surface area contributed by atoms with Gasteiger partial charge >= 0.3 is 0 Å². The van der Waals surface area contributed by atoms with Crippen molar-refractivity contribution in [1.29, 1.82) is 0 Å². The standard InChI is InChI=1S/C16H21N5O2/c1-2-20-9-18-19-15(20)12-5-7-21(8-6-12)16(22)13-14(11-3-4-11)23-10-17-13/h9-12H,2-8H2,1H3. The summed E-state index contributed by atoms with van der Waals surface area (Å²) in [7, 11) is 0.